The van der Waals surface area contributed by atoms with E-state index < -0.39 is 10.0 Å². The highest BCUT2D eigenvalue weighted by Gasteiger charge is 2.34. The summed E-state index contributed by atoms with van der Waals surface area (Å²) in [5.74, 6) is 1.35. The molecule has 9 heteroatoms. The normalized spacial score (nSPS) is 17.7. The molecule has 0 bridgehead atoms. The predicted octanol–water partition coefficient (Wildman–Crippen LogP) is 2.03. The van der Waals surface area contributed by atoms with Crippen molar-refractivity contribution in [3.05, 3.63) is 36.2 Å². The average molecular weight is 393 g/mol. The minimum atomic E-state index is -3.59. The second kappa shape index (κ2) is 8.10. The molecule has 2 aromatic rings. The molecule has 1 atom stereocenters. The van der Waals surface area contributed by atoms with Crippen LogP contribution in [0.4, 0.5) is 0 Å². The third-order valence-corrected chi connectivity index (χ3v) is 6.14. The molecule has 27 heavy (non-hydrogen) atoms. The Morgan fingerprint density at radius 3 is 2.74 bits per heavy atom. The third-order valence-electron chi connectivity index (χ3n) is 4.28. The fourth-order valence-corrected chi connectivity index (χ4v) is 4.49. The molecule has 3 rings (SSSR count). The van der Waals surface area contributed by atoms with Gasteiger partial charge in [-0.1, -0.05) is 0 Å². The second-order valence-corrected chi connectivity index (χ2v) is 8.09. The van der Waals surface area contributed by atoms with Crippen LogP contribution in [-0.2, 0) is 10.0 Å². The van der Waals surface area contributed by atoms with E-state index in [1.54, 1.807) is 18.2 Å². The molecule has 0 spiro atoms. The topological polar surface area (TPSA) is 90.9 Å². The lowest BCUT2D eigenvalue weighted by Crippen LogP contribution is -2.31. The summed E-state index contributed by atoms with van der Waals surface area (Å²) < 4.78 is 43.6. The van der Waals surface area contributed by atoms with Gasteiger partial charge in [0.25, 0.3) is 0 Å². The van der Waals surface area contributed by atoms with E-state index in [0.717, 1.165) is 5.56 Å². The zero-order valence-corrected chi connectivity index (χ0v) is 16.4. The SMILES string of the molecule is CCOc1ccc(S(=O)(=O)N2CCC(Oc3cncc(OC)n3)C2)cc1C. The summed E-state index contributed by atoms with van der Waals surface area (Å²) in [6, 6.07) is 4.92. The number of ether oxygens (including phenoxy) is 3. The minimum absolute atomic E-state index is 0.255. The van der Waals surface area contributed by atoms with Crippen LogP contribution >= 0.6 is 0 Å². The van der Waals surface area contributed by atoms with Crippen LogP contribution in [0.1, 0.15) is 18.9 Å². The maximum atomic E-state index is 12.9. The molecule has 1 aliphatic heterocycles. The number of hydrogen-bond acceptors (Lipinski definition) is 7. The fourth-order valence-electron chi connectivity index (χ4n) is 2.92. The van der Waals surface area contributed by atoms with Crippen molar-refractivity contribution >= 4 is 10.0 Å². The van der Waals surface area contributed by atoms with Crippen LogP contribution in [-0.4, -0.2) is 55.6 Å². The summed E-state index contributed by atoms with van der Waals surface area (Å²) in [6.45, 7) is 4.90. The lowest BCUT2D eigenvalue weighted by molar-refractivity contribution is 0.203. The Labute approximate surface area is 159 Å². The Morgan fingerprint density at radius 2 is 2.04 bits per heavy atom. The van der Waals surface area contributed by atoms with Crippen molar-refractivity contribution in [3.8, 4) is 17.5 Å². The third kappa shape index (κ3) is 4.30. The van der Waals surface area contributed by atoms with Gasteiger partial charge in [-0.25, -0.2) is 8.42 Å². The van der Waals surface area contributed by atoms with Crippen LogP contribution in [0.2, 0.25) is 0 Å². The Bertz CT molecular complexity index is 904. The zero-order chi connectivity index (χ0) is 19.4. The summed E-state index contributed by atoms with van der Waals surface area (Å²) >= 11 is 0. The Kier molecular flexibility index (Phi) is 5.81. The summed E-state index contributed by atoms with van der Waals surface area (Å²) in [5, 5.41) is 0. The number of hydrogen-bond donors (Lipinski definition) is 0. The second-order valence-electron chi connectivity index (χ2n) is 6.15. The van der Waals surface area contributed by atoms with E-state index in [1.165, 1.54) is 23.8 Å². The van der Waals surface area contributed by atoms with Gasteiger partial charge >= 0.3 is 0 Å². The maximum Gasteiger partial charge on any atom is 0.243 e. The minimum Gasteiger partial charge on any atom is -0.494 e. The maximum absolute atomic E-state index is 12.9. The van der Waals surface area contributed by atoms with Gasteiger partial charge in [0, 0.05) is 6.54 Å². The monoisotopic (exact) mass is 393 g/mol. The number of methoxy groups -OCH3 is 1. The first kappa shape index (κ1) is 19.4. The van der Waals surface area contributed by atoms with Crippen LogP contribution in [0.5, 0.6) is 17.5 Å². The summed E-state index contributed by atoms with van der Waals surface area (Å²) in [6.07, 6.45) is 3.25. The van der Waals surface area contributed by atoms with Crippen molar-refractivity contribution in [2.75, 3.05) is 26.8 Å². The highest BCUT2D eigenvalue weighted by atomic mass is 32.2. The van der Waals surface area contributed by atoms with Crippen molar-refractivity contribution in [1.29, 1.82) is 0 Å². The average Bonchev–Trinajstić information content (AvgIpc) is 3.13. The van der Waals surface area contributed by atoms with Crippen LogP contribution in [0.25, 0.3) is 0 Å². The molecule has 2 heterocycles. The van der Waals surface area contributed by atoms with Crippen molar-refractivity contribution in [3.63, 3.8) is 0 Å². The molecule has 1 aromatic carbocycles. The quantitative estimate of drug-likeness (QED) is 0.711. The van der Waals surface area contributed by atoms with Gasteiger partial charge in [0.05, 0.1) is 37.6 Å². The van der Waals surface area contributed by atoms with Crippen LogP contribution in [0.3, 0.4) is 0 Å². The lowest BCUT2D eigenvalue weighted by atomic mass is 10.2. The largest absolute Gasteiger partial charge is 0.494 e. The summed E-state index contributed by atoms with van der Waals surface area (Å²) in [4.78, 5) is 8.39. The molecule has 0 amide bonds. The number of sulfonamides is 1. The number of aromatic nitrogens is 2. The van der Waals surface area contributed by atoms with E-state index >= 15 is 0 Å². The van der Waals surface area contributed by atoms with Gasteiger partial charge in [0.2, 0.25) is 21.8 Å². The van der Waals surface area contributed by atoms with Gasteiger partial charge in [-0.2, -0.15) is 9.29 Å². The smallest absolute Gasteiger partial charge is 0.243 e. The number of rotatable bonds is 7. The first-order chi connectivity index (χ1) is 12.9. The molecule has 0 saturated carbocycles. The van der Waals surface area contributed by atoms with Crippen LogP contribution in [0.15, 0.2) is 35.5 Å². The standard InChI is InChI=1S/C18H23N3O5S/c1-4-25-16-6-5-15(9-13(16)2)27(22,23)21-8-7-14(12-21)26-18-11-19-10-17(20-18)24-3/h5-6,9-11,14H,4,7-8,12H2,1-3H3. The molecule has 1 saturated heterocycles. The predicted molar refractivity (Wildman–Crippen MR) is 98.7 cm³/mol. The first-order valence-electron chi connectivity index (χ1n) is 8.70. The van der Waals surface area contributed by atoms with Crippen LogP contribution in [0, 0.1) is 6.92 Å². The molecule has 1 aliphatic rings. The van der Waals surface area contributed by atoms with Gasteiger partial charge in [-0.15, -0.1) is 0 Å². The molecule has 8 nitrogen and oxygen atoms in total. The van der Waals surface area contributed by atoms with Crippen molar-refractivity contribution in [2.24, 2.45) is 0 Å². The van der Waals surface area contributed by atoms with Crippen molar-refractivity contribution in [2.45, 2.75) is 31.3 Å². The Morgan fingerprint density at radius 1 is 1.26 bits per heavy atom. The highest BCUT2D eigenvalue weighted by Crippen LogP contribution is 2.27. The van der Waals surface area contributed by atoms with E-state index in [-0.39, 0.29) is 17.5 Å². The molecular formula is C18H23N3O5S. The van der Waals surface area contributed by atoms with Gasteiger partial charge in [-0.3, -0.25) is 4.98 Å². The zero-order valence-electron chi connectivity index (χ0n) is 15.6. The first-order valence-corrected chi connectivity index (χ1v) is 10.1. The number of benzene rings is 1. The number of aryl methyl sites for hydroxylation is 1. The highest BCUT2D eigenvalue weighted by molar-refractivity contribution is 7.89. The molecule has 146 valence electrons. The van der Waals surface area contributed by atoms with Gasteiger partial charge in [0.1, 0.15) is 11.9 Å². The van der Waals surface area contributed by atoms with Gasteiger partial charge in [-0.05, 0) is 44.0 Å². The molecule has 0 N–H and O–H groups in total. The molecule has 1 aromatic heterocycles. The van der Waals surface area contributed by atoms with Crippen molar-refractivity contribution < 1.29 is 22.6 Å². The van der Waals surface area contributed by atoms with E-state index in [0.29, 0.717) is 37.1 Å². The van der Waals surface area contributed by atoms with Crippen molar-refractivity contribution in [1.82, 2.24) is 14.3 Å². The van der Waals surface area contributed by atoms with E-state index in [2.05, 4.69) is 9.97 Å². The molecular weight excluding hydrogens is 370 g/mol. The van der Waals surface area contributed by atoms with Gasteiger partial charge in [0.15, 0.2) is 0 Å². The fraction of sp³-hybridized carbons (Fsp3) is 0.444. The lowest BCUT2D eigenvalue weighted by Gasteiger charge is -2.18. The summed E-state index contributed by atoms with van der Waals surface area (Å²) in [7, 11) is -2.10. The molecule has 1 unspecified atom stereocenters. The molecule has 1 fully saturated rings. The Balaban J connectivity index is 1.70. The van der Waals surface area contributed by atoms with E-state index in [1.807, 2.05) is 13.8 Å². The molecule has 0 aliphatic carbocycles. The van der Waals surface area contributed by atoms with E-state index in [9.17, 15) is 8.42 Å². The molecule has 0 radical (unpaired) electrons. The number of nitrogens with zero attached hydrogens (tertiary/aromatic N) is 3. The van der Waals surface area contributed by atoms with Crippen LogP contribution < -0.4 is 14.2 Å². The van der Waals surface area contributed by atoms with E-state index in [4.69, 9.17) is 14.2 Å². The van der Waals surface area contributed by atoms with Gasteiger partial charge < -0.3 is 14.2 Å². The summed E-state index contributed by atoms with van der Waals surface area (Å²) in [5.41, 5.74) is 0.788. The Hall–Kier alpha value is -2.39.